The largest absolute Gasteiger partial charge is 0.476 e. The first-order valence-corrected chi connectivity index (χ1v) is 7.24. The Kier molecular flexibility index (Phi) is 5.37. The lowest BCUT2D eigenvalue weighted by molar-refractivity contribution is 0.306. The Morgan fingerprint density at radius 1 is 1.24 bits per heavy atom. The summed E-state index contributed by atoms with van der Waals surface area (Å²) in [5, 5.41) is 3.25. The highest BCUT2D eigenvalue weighted by Crippen LogP contribution is 2.24. The van der Waals surface area contributed by atoms with Crippen molar-refractivity contribution >= 4 is 11.5 Å². The molecule has 0 fully saturated rings. The highest BCUT2D eigenvalue weighted by Gasteiger charge is 2.08. The summed E-state index contributed by atoms with van der Waals surface area (Å²) in [4.78, 5) is 8.23. The monoisotopic (exact) mass is 286 g/mol. The van der Waals surface area contributed by atoms with Crippen molar-refractivity contribution in [1.29, 1.82) is 0 Å². The summed E-state index contributed by atoms with van der Waals surface area (Å²) < 4.78 is 5.49. The van der Waals surface area contributed by atoms with E-state index in [1.165, 1.54) is 17.5 Å². The molecule has 1 heterocycles. The van der Waals surface area contributed by atoms with E-state index in [0.717, 1.165) is 19.4 Å². The van der Waals surface area contributed by atoms with Crippen LogP contribution in [0, 0.1) is 6.92 Å². The van der Waals surface area contributed by atoms with Gasteiger partial charge in [0.05, 0.1) is 6.61 Å². The number of nitrogens with one attached hydrogen (secondary N) is 1. The Morgan fingerprint density at radius 2 is 2.05 bits per heavy atom. The van der Waals surface area contributed by atoms with E-state index in [9.17, 15) is 0 Å². The van der Waals surface area contributed by atoms with Crippen LogP contribution in [0.15, 0.2) is 30.6 Å². The number of aromatic nitrogens is 2. The first-order chi connectivity index (χ1) is 10.2. The molecule has 0 spiro atoms. The van der Waals surface area contributed by atoms with Gasteiger partial charge in [-0.25, -0.2) is 4.98 Å². The minimum Gasteiger partial charge on any atom is -0.476 e. The topological polar surface area (TPSA) is 73.1 Å². The Hall–Kier alpha value is -2.30. The molecular weight excluding hydrogens is 264 g/mol. The van der Waals surface area contributed by atoms with E-state index in [1.54, 1.807) is 0 Å². The number of aryl methyl sites for hydroxylation is 1. The summed E-state index contributed by atoms with van der Waals surface area (Å²) in [6, 6.07) is 8.35. The molecule has 1 aromatic heterocycles. The third-order valence-electron chi connectivity index (χ3n) is 3.24. The van der Waals surface area contributed by atoms with Crippen molar-refractivity contribution in [2.24, 2.45) is 0 Å². The van der Waals surface area contributed by atoms with Crippen LogP contribution in [0.25, 0.3) is 0 Å². The first kappa shape index (κ1) is 15.1. The lowest BCUT2D eigenvalue weighted by atomic mass is 10.1. The van der Waals surface area contributed by atoms with Crippen LogP contribution in [0.2, 0.25) is 0 Å². The summed E-state index contributed by atoms with van der Waals surface area (Å²) in [5.41, 5.74) is 9.10. The SMILES string of the molecule is CCCOc1ncnc(NCCc2ccccc2C)c1N. The van der Waals surface area contributed by atoms with Crippen molar-refractivity contribution < 1.29 is 4.74 Å². The van der Waals surface area contributed by atoms with Crippen LogP contribution < -0.4 is 15.8 Å². The van der Waals surface area contributed by atoms with Gasteiger partial charge in [0.1, 0.15) is 12.0 Å². The van der Waals surface area contributed by atoms with Crippen LogP contribution in [0.4, 0.5) is 11.5 Å². The van der Waals surface area contributed by atoms with Crippen molar-refractivity contribution in [2.75, 3.05) is 24.2 Å². The standard InChI is InChI=1S/C16H22N4O/c1-3-10-21-16-14(17)15(19-11-20-16)18-9-8-13-7-5-4-6-12(13)2/h4-7,11H,3,8-10,17H2,1-2H3,(H,18,19,20). The second-order valence-corrected chi connectivity index (χ2v) is 4.89. The van der Waals surface area contributed by atoms with Gasteiger partial charge in [0.15, 0.2) is 5.82 Å². The number of nitrogens with two attached hydrogens (primary N) is 1. The van der Waals surface area contributed by atoms with E-state index >= 15 is 0 Å². The predicted octanol–water partition coefficient (Wildman–Crippen LogP) is 2.81. The molecular formula is C16H22N4O. The van der Waals surface area contributed by atoms with E-state index in [1.807, 2.05) is 13.0 Å². The highest BCUT2D eigenvalue weighted by molar-refractivity contribution is 5.66. The Labute approximate surface area is 125 Å². The van der Waals surface area contributed by atoms with Gasteiger partial charge < -0.3 is 15.8 Å². The molecule has 2 rings (SSSR count). The fraction of sp³-hybridized carbons (Fsp3) is 0.375. The first-order valence-electron chi connectivity index (χ1n) is 7.24. The van der Waals surface area contributed by atoms with Gasteiger partial charge >= 0.3 is 0 Å². The smallest absolute Gasteiger partial charge is 0.242 e. The molecule has 0 bridgehead atoms. The van der Waals surface area contributed by atoms with Gasteiger partial charge in [0.2, 0.25) is 5.88 Å². The van der Waals surface area contributed by atoms with E-state index in [4.69, 9.17) is 10.5 Å². The molecule has 0 unspecified atom stereocenters. The summed E-state index contributed by atoms with van der Waals surface area (Å²) >= 11 is 0. The van der Waals surface area contributed by atoms with Crippen molar-refractivity contribution in [3.05, 3.63) is 41.7 Å². The molecule has 0 aliphatic heterocycles. The second-order valence-electron chi connectivity index (χ2n) is 4.89. The quantitative estimate of drug-likeness (QED) is 0.818. The third-order valence-corrected chi connectivity index (χ3v) is 3.24. The molecule has 3 N–H and O–H groups in total. The van der Waals surface area contributed by atoms with E-state index in [2.05, 4.69) is 40.4 Å². The van der Waals surface area contributed by atoms with Gasteiger partial charge in [0, 0.05) is 6.54 Å². The minimum atomic E-state index is 0.449. The zero-order chi connectivity index (χ0) is 15.1. The highest BCUT2D eigenvalue weighted by atomic mass is 16.5. The molecule has 0 aliphatic carbocycles. The Morgan fingerprint density at radius 3 is 2.81 bits per heavy atom. The van der Waals surface area contributed by atoms with Gasteiger partial charge in [-0.1, -0.05) is 31.2 Å². The molecule has 0 saturated carbocycles. The number of anilines is 2. The van der Waals surface area contributed by atoms with Crippen molar-refractivity contribution in [2.45, 2.75) is 26.7 Å². The predicted molar refractivity (Wildman–Crippen MR) is 85.6 cm³/mol. The molecule has 5 heteroatoms. The molecule has 0 aliphatic rings. The number of nitrogens with zero attached hydrogens (tertiary/aromatic N) is 2. The van der Waals surface area contributed by atoms with Crippen molar-refractivity contribution in [1.82, 2.24) is 9.97 Å². The molecule has 112 valence electrons. The van der Waals surface area contributed by atoms with Crippen molar-refractivity contribution in [3.8, 4) is 5.88 Å². The minimum absolute atomic E-state index is 0.449. The average Bonchev–Trinajstić information content (AvgIpc) is 2.49. The Bertz CT molecular complexity index is 586. The van der Waals surface area contributed by atoms with Crippen LogP contribution in [0.5, 0.6) is 5.88 Å². The number of benzene rings is 1. The van der Waals surface area contributed by atoms with Crippen LogP contribution in [0.3, 0.4) is 0 Å². The number of hydrogen-bond donors (Lipinski definition) is 2. The van der Waals surface area contributed by atoms with Crippen molar-refractivity contribution in [3.63, 3.8) is 0 Å². The van der Waals surface area contributed by atoms with Gasteiger partial charge in [0.25, 0.3) is 0 Å². The second kappa shape index (κ2) is 7.47. The zero-order valence-electron chi connectivity index (χ0n) is 12.6. The maximum atomic E-state index is 6.02. The van der Waals surface area contributed by atoms with Crippen LogP contribution in [-0.4, -0.2) is 23.1 Å². The fourth-order valence-corrected chi connectivity index (χ4v) is 2.04. The van der Waals surface area contributed by atoms with Gasteiger partial charge in [-0.15, -0.1) is 0 Å². The van der Waals surface area contributed by atoms with Crippen LogP contribution in [-0.2, 0) is 6.42 Å². The van der Waals surface area contributed by atoms with Gasteiger partial charge in [-0.3, -0.25) is 0 Å². The maximum absolute atomic E-state index is 6.02. The van der Waals surface area contributed by atoms with E-state index in [0.29, 0.717) is 24.0 Å². The summed E-state index contributed by atoms with van der Waals surface area (Å²) in [6.07, 6.45) is 3.30. The summed E-state index contributed by atoms with van der Waals surface area (Å²) in [7, 11) is 0. The number of nitrogen functional groups attached to an aromatic ring is 1. The number of rotatable bonds is 7. The fourth-order valence-electron chi connectivity index (χ4n) is 2.04. The molecule has 5 nitrogen and oxygen atoms in total. The molecule has 0 atom stereocenters. The molecule has 21 heavy (non-hydrogen) atoms. The number of ether oxygens (including phenoxy) is 1. The molecule has 1 aromatic carbocycles. The average molecular weight is 286 g/mol. The Balaban J connectivity index is 1.95. The van der Waals surface area contributed by atoms with E-state index < -0.39 is 0 Å². The molecule has 0 amide bonds. The molecule has 2 aromatic rings. The molecule has 0 radical (unpaired) electrons. The molecule has 0 saturated heterocycles. The summed E-state index contributed by atoms with van der Waals surface area (Å²) in [6.45, 7) is 5.52. The summed E-state index contributed by atoms with van der Waals surface area (Å²) in [5.74, 6) is 1.08. The maximum Gasteiger partial charge on any atom is 0.242 e. The van der Waals surface area contributed by atoms with E-state index in [-0.39, 0.29) is 0 Å². The zero-order valence-corrected chi connectivity index (χ0v) is 12.6. The van der Waals surface area contributed by atoms with Gasteiger partial charge in [-0.2, -0.15) is 4.98 Å². The number of hydrogen-bond acceptors (Lipinski definition) is 5. The van der Waals surface area contributed by atoms with Crippen LogP contribution in [0.1, 0.15) is 24.5 Å². The normalized spacial score (nSPS) is 10.4. The van der Waals surface area contributed by atoms with Gasteiger partial charge in [-0.05, 0) is 30.9 Å². The lowest BCUT2D eigenvalue weighted by Gasteiger charge is -2.12. The lowest BCUT2D eigenvalue weighted by Crippen LogP contribution is -2.11. The van der Waals surface area contributed by atoms with Crippen LogP contribution >= 0.6 is 0 Å². The third kappa shape index (κ3) is 4.08.